The molecule has 2 amide bonds. The van der Waals surface area contributed by atoms with Gasteiger partial charge in [-0.2, -0.15) is 0 Å². The highest BCUT2D eigenvalue weighted by Crippen LogP contribution is 2.33. The van der Waals surface area contributed by atoms with Gasteiger partial charge in [-0.1, -0.05) is 47.1 Å². The van der Waals surface area contributed by atoms with E-state index in [-0.39, 0.29) is 29.1 Å². The average molecular weight is 677 g/mol. The number of ether oxygens (including phenoxy) is 1. The van der Waals surface area contributed by atoms with E-state index in [1.165, 1.54) is 28.8 Å². The van der Waals surface area contributed by atoms with Gasteiger partial charge in [0.05, 0.1) is 17.2 Å². The van der Waals surface area contributed by atoms with Crippen molar-refractivity contribution in [2.24, 2.45) is 0 Å². The van der Waals surface area contributed by atoms with Crippen LogP contribution in [-0.2, 0) is 26.2 Å². The molecule has 11 heteroatoms. The second kappa shape index (κ2) is 15.5. The van der Waals surface area contributed by atoms with E-state index in [9.17, 15) is 18.0 Å². The van der Waals surface area contributed by atoms with Crippen LogP contribution in [0.15, 0.2) is 87.1 Å². The number of halogens is 1. The molecule has 2 atom stereocenters. The molecule has 0 heterocycles. The van der Waals surface area contributed by atoms with Gasteiger partial charge in [0.25, 0.3) is 10.0 Å². The number of carbonyl (C=O) groups is 2. The van der Waals surface area contributed by atoms with Crippen LogP contribution < -0.4 is 14.4 Å². The molecular weight excluding hydrogens is 638 g/mol. The summed E-state index contributed by atoms with van der Waals surface area (Å²) in [5.41, 5.74) is 1.03. The maximum Gasteiger partial charge on any atom is 0.264 e. The summed E-state index contributed by atoms with van der Waals surface area (Å²) in [6, 6.07) is 19.7. The Bertz CT molecular complexity index is 1470. The minimum atomic E-state index is -4.21. The van der Waals surface area contributed by atoms with E-state index in [0.717, 1.165) is 25.7 Å². The Morgan fingerprint density at radius 2 is 1.69 bits per heavy atom. The van der Waals surface area contributed by atoms with Gasteiger partial charge in [-0.05, 0) is 87.5 Å². The van der Waals surface area contributed by atoms with Gasteiger partial charge in [0.15, 0.2) is 0 Å². The standard InChI is InChI=1S/C31H38BrN3O5S2/c1-6-22(3)33-31(37)23(4)34(20-24-11-10-12-25(32)19-24)30(36)21-35(28-13-8-9-14-29(28)40-7-2)42(38,39)27-17-15-26(41-5)16-18-27/h8-19,22-23H,6-7,20-21H2,1-5H3,(H,33,37)/t22-,23+/m0/s1. The molecule has 0 saturated carbocycles. The smallest absolute Gasteiger partial charge is 0.264 e. The summed E-state index contributed by atoms with van der Waals surface area (Å²) in [7, 11) is -4.21. The molecule has 3 rings (SSSR count). The average Bonchev–Trinajstić information content (AvgIpc) is 2.98. The molecule has 0 aromatic heterocycles. The van der Waals surface area contributed by atoms with E-state index in [4.69, 9.17) is 4.74 Å². The van der Waals surface area contributed by atoms with Crippen LogP contribution in [0, 0.1) is 0 Å². The molecule has 0 aliphatic rings. The molecule has 0 radical (unpaired) electrons. The van der Waals surface area contributed by atoms with E-state index in [0.29, 0.717) is 12.4 Å². The van der Waals surface area contributed by atoms with Gasteiger partial charge in [0.1, 0.15) is 18.3 Å². The van der Waals surface area contributed by atoms with Gasteiger partial charge in [-0.3, -0.25) is 13.9 Å². The van der Waals surface area contributed by atoms with Crippen molar-refractivity contribution in [3.05, 3.63) is 82.8 Å². The maximum atomic E-state index is 14.1. The molecule has 0 aliphatic heterocycles. The minimum Gasteiger partial charge on any atom is -0.492 e. The first-order valence-electron chi connectivity index (χ1n) is 13.7. The first-order chi connectivity index (χ1) is 20.0. The number of sulfonamides is 1. The van der Waals surface area contributed by atoms with E-state index in [1.807, 2.05) is 44.4 Å². The molecule has 42 heavy (non-hydrogen) atoms. The largest absolute Gasteiger partial charge is 0.492 e. The summed E-state index contributed by atoms with van der Waals surface area (Å²) < 4.78 is 36.0. The molecule has 0 unspecified atom stereocenters. The molecule has 0 fully saturated rings. The molecule has 0 spiro atoms. The van der Waals surface area contributed by atoms with Crippen molar-refractivity contribution in [2.45, 2.75) is 62.5 Å². The molecular formula is C31H38BrN3O5S2. The molecule has 8 nitrogen and oxygen atoms in total. The molecule has 226 valence electrons. The third-order valence-corrected chi connectivity index (χ3v) is 9.78. The Hall–Kier alpha value is -3.02. The summed E-state index contributed by atoms with van der Waals surface area (Å²) in [6.45, 7) is 7.20. The van der Waals surface area contributed by atoms with Crippen LogP contribution in [0.4, 0.5) is 5.69 Å². The van der Waals surface area contributed by atoms with Crippen molar-refractivity contribution < 1.29 is 22.7 Å². The third kappa shape index (κ3) is 8.52. The fourth-order valence-electron chi connectivity index (χ4n) is 4.21. The van der Waals surface area contributed by atoms with E-state index in [1.54, 1.807) is 50.2 Å². The van der Waals surface area contributed by atoms with Crippen LogP contribution in [0.5, 0.6) is 5.75 Å². The number of hydrogen-bond acceptors (Lipinski definition) is 6. The highest BCUT2D eigenvalue weighted by atomic mass is 79.9. The number of thioether (sulfide) groups is 1. The first kappa shape index (κ1) is 33.5. The lowest BCUT2D eigenvalue weighted by atomic mass is 10.1. The van der Waals surface area contributed by atoms with Gasteiger partial charge in [0, 0.05) is 22.0 Å². The summed E-state index contributed by atoms with van der Waals surface area (Å²) in [6.07, 6.45) is 2.64. The summed E-state index contributed by atoms with van der Waals surface area (Å²) in [4.78, 5) is 29.7. The van der Waals surface area contributed by atoms with Crippen LogP contribution in [0.2, 0.25) is 0 Å². The number of nitrogens with zero attached hydrogens (tertiary/aromatic N) is 2. The van der Waals surface area contributed by atoms with Gasteiger partial charge in [-0.25, -0.2) is 8.42 Å². The molecule has 1 N–H and O–H groups in total. The van der Waals surface area contributed by atoms with Gasteiger partial charge < -0.3 is 15.0 Å². The van der Waals surface area contributed by atoms with Crippen molar-refractivity contribution >= 4 is 55.2 Å². The number of anilines is 1. The zero-order valence-corrected chi connectivity index (χ0v) is 27.8. The fourth-order valence-corrected chi connectivity index (χ4v) is 6.49. The van der Waals surface area contributed by atoms with Gasteiger partial charge in [0.2, 0.25) is 11.8 Å². The Kier molecular flexibility index (Phi) is 12.3. The quantitative estimate of drug-likeness (QED) is 0.208. The predicted molar refractivity (Wildman–Crippen MR) is 172 cm³/mol. The van der Waals surface area contributed by atoms with Crippen LogP contribution in [0.1, 0.15) is 39.7 Å². The van der Waals surface area contributed by atoms with Crippen molar-refractivity contribution in [2.75, 3.05) is 23.7 Å². The van der Waals surface area contributed by atoms with Crippen LogP contribution in [0.25, 0.3) is 0 Å². The van der Waals surface area contributed by atoms with E-state index >= 15 is 0 Å². The normalized spacial score (nSPS) is 12.7. The number of carbonyl (C=O) groups excluding carboxylic acids is 2. The fraction of sp³-hybridized carbons (Fsp3) is 0.355. The number of para-hydroxylation sites is 2. The van der Waals surface area contributed by atoms with Crippen LogP contribution in [-0.4, -0.2) is 56.6 Å². The topological polar surface area (TPSA) is 96.0 Å². The number of benzene rings is 3. The van der Waals surface area contributed by atoms with Crippen molar-refractivity contribution in [1.82, 2.24) is 10.2 Å². The lowest BCUT2D eigenvalue weighted by Crippen LogP contribution is -2.52. The molecule has 0 aliphatic carbocycles. The van der Waals surface area contributed by atoms with Gasteiger partial charge in [-0.15, -0.1) is 11.8 Å². The first-order valence-corrected chi connectivity index (χ1v) is 17.2. The zero-order valence-electron chi connectivity index (χ0n) is 24.5. The Morgan fingerprint density at radius 3 is 2.31 bits per heavy atom. The Morgan fingerprint density at radius 1 is 1.00 bits per heavy atom. The van der Waals surface area contributed by atoms with E-state index in [2.05, 4.69) is 21.2 Å². The monoisotopic (exact) mass is 675 g/mol. The van der Waals surface area contributed by atoms with Crippen LogP contribution in [0.3, 0.4) is 0 Å². The van der Waals surface area contributed by atoms with Crippen molar-refractivity contribution in [3.8, 4) is 5.75 Å². The highest BCUT2D eigenvalue weighted by Gasteiger charge is 2.34. The molecule has 0 saturated heterocycles. The highest BCUT2D eigenvalue weighted by molar-refractivity contribution is 9.10. The minimum absolute atomic E-state index is 0.0421. The Balaban J connectivity index is 2.08. The molecule has 3 aromatic carbocycles. The summed E-state index contributed by atoms with van der Waals surface area (Å²) >= 11 is 4.97. The lowest BCUT2D eigenvalue weighted by Gasteiger charge is -2.33. The second-order valence-corrected chi connectivity index (χ2v) is 13.4. The maximum absolute atomic E-state index is 14.1. The van der Waals surface area contributed by atoms with Crippen LogP contribution >= 0.6 is 27.7 Å². The van der Waals surface area contributed by atoms with Gasteiger partial charge >= 0.3 is 0 Å². The second-order valence-electron chi connectivity index (χ2n) is 9.73. The number of amides is 2. The SMILES string of the molecule is CCOc1ccccc1N(CC(=O)N(Cc1cccc(Br)c1)[C@H](C)C(=O)N[C@@H](C)CC)S(=O)(=O)c1ccc(SC)cc1. The number of nitrogens with one attached hydrogen (secondary N) is 1. The Labute approximate surface area is 262 Å². The number of hydrogen-bond donors (Lipinski definition) is 1. The summed E-state index contributed by atoms with van der Waals surface area (Å²) in [5, 5.41) is 2.94. The summed E-state index contributed by atoms with van der Waals surface area (Å²) in [5.74, 6) is -0.514. The zero-order chi connectivity index (χ0) is 30.9. The third-order valence-electron chi connectivity index (χ3n) is 6.77. The van der Waals surface area contributed by atoms with Crippen molar-refractivity contribution in [1.29, 1.82) is 0 Å². The predicted octanol–water partition coefficient (Wildman–Crippen LogP) is 6.10. The van der Waals surface area contributed by atoms with Crippen molar-refractivity contribution in [3.63, 3.8) is 0 Å². The lowest BCUT2D eigenvalue weighted by molar-refractivity contribution is -0.139. The van der Waals surface area contributed by atoms with E-state index < -0.39 is 28.5 Å². The molecule has 3 aromatic rings. The number of rotatable bonds is 14. The molecule has 0 bridgehead atoms.